The molecule has 0 aromatic rings. The molecule has 4 saturated carbocycles. The van der Waals surface area contributed by atoms with Crippen molar-refractivity contribution < 1.29 is 9.22 Å². The molecule has 3 heteroatoms. The van der Waals surface area contributed by atoms with E-state index in [-0.39, 0.29) is 5.41 Å². The van der Waals surface area contributed by atoms with E-state index in [1.54, 1.807) is 0 Å². The highest BCUT2D eigenvalue weighted by Crippen LogP contribution is 2.65. The van der Waals surface area contributed by atoms with E-state index in [9.17, 15) is 4.79 Å². The average molecular weight is 363 g/mol. The van der Waals surface area contributed by atoms with Crippen molar-refractivity contribution in [1.82, 2.24) is 0 Å². The van der Waals surface area contributed by atoms with E-state index in [0.29, 0.717) is 23.2 Å². The van der Waals surface area contributed by atoms with Gasteiger partial charge in [-0.1, -0.05) is 13.8 Å². The Morgan fingerprint density at radius 3 is 2.44 bits per heavy atom. The summed E-state index contributed by atoms with van der Waals surface area (Å²) in [5.41, 5.74) is 0.539. The number of fused-ring (bicyclic) bond motifs is 5. The van der Waals surface area contributed by atoms with Crippen LogP contribution < -0.4 is 0 Å². The maximum atomic E-state index is 12.5. The third kappa shape index (κ3) is 2.88. The number of carbonyl (C=O) groups is 1. The van der Waals surface area contributed by atoms with Crippen LogP contribution in [0.4, 0.5) is 0 Å². The Balaban J connectivity index is 1.52. The third-order valence-corrected chi connectivity index (χ3v) is 9.89. The van der Waals surface area contributed by atoms with Crippen LogP contribution >= 0.6 is 0 Å². The Morgan fingerprint density at radius 1 is 0.960 bits per heavy atom. The van der Waals surface area contributed by atoms with Gasteiger partial charge < -0.3 is 4.43 Å². The summed E-state index contributed by atoms with van der Waals surface area (Å²) < 4.78 is 6.50. The molecule has 0 aliphatic heterocycles. The molecular weight excluding hydrogens is 324 g/mol. The SMILES string of the molecule is C[C@]12CCC3C(CC[C@H]4C[C@@H](O[Si](C)(C)C)CC[C@]34C)C1CCC2=O. The molecule has 4 fully saturated rings. The molecule has 0 radical (unpaired) electrons. The molecular formula is C22H38O2Si. The Bertz CT molecular complexity index is 553. The molecule has 4 rings (SSSR count). The fourth-order valence-corrected chi connectivity index (χ4v) is 8.81. The Morgan fingerprint density at radius 2 is 1.72 bits per heavy atom. The lowest BCUT2D eigenvalue weighted by molar-refractivity contribution is -0.141. The lowest BCUT2D eigenvalue weighted by Gasteiger charge is -2.60. The van der Waals surface area contributed by atoms with Crippen molar-refractivity contribution in [3.05, 3.63) is 0 Å². The van der Waals surface area contributed by atoms with Gasteiger partial charge >= 0.3 is 0 Å². The van der Waals surface area contributed by atoms with Crippen LogP contribution in [0.5, 0.6) is 0 Å². The molecule has 0 saturated heterocycles. The number of ketones is 1. The molecule has 4 aliphatic carbocycles. The molecule has 0 heterocycles. The summed E-state index contributed by atoms with van der Waals surface area (Å²) in [6.45, 7) is 11.9. The van der Waals surface area contributed by atoms with Crippen molar-refractivity contribution in [2.75, 3.05) is 0 Å². The number of hydrogen-bond acceptors (Lipinski definition) is 2. The topological polar surface area (TPSA) is 26.3 Å². The molecule has 3 unspecified atom stereocenters. The van der Waals surface area contributed by atoms with Gasteiger partial charge in [-0.3, -0.25) is 4.79 Å². The van der Waals surface area contributed by atoms with Gasteiger partial charge in [0.15, 0.2) is 8.32 Å². The van der Waals surface area contributed by atoms with E-state index >= 15 is 0 Å². The summed E-state index contributed by atoms with van der Waals surface area (Å²) in [6, 6.07) is 0. The third-order valence-electron chi connectivity index (χ3n) is 8.85. The molecule has 142 valence electrons. The molecule has 0 bridgehead atoms. The first-order chi connectivity index (χ1) is 11.6. The first-order valence-electron chi connectivity index (χ1n) is 10.8. The second-order valence-corrected chi connectivity index (χ2v) is 15.7. The average Bonchev–Trinajstić information content (AvgIpc) is 2.82. The van der Waals surface area contributed by atoms with E-state index in [2.05, 4.69) is 33.5 Å². The van der Waals surface area contributed by atoms with Gasteiger partial charge in [0, 0.05) is 17.9 Å². The van der Waals surface area contributed by atoms with E-state index in [1.165, 1.54) is 44.9 Å². The van der Waals surface area contributed by atoms with Crippen LogP contribution in [0.3, 0.4) is 0 Å². The molecule has 7 atom stereocenters. The molecule has 2 nitrogen and oxygen atoms in total. The van der Waals surface area contributed by atoms with Crippen molar-refractivity contribution in [3.63, 3.8) is 0 Å². The number of hydrogen-bond donors (Lipinski definition) is 0. The van der Waals surface area contributed by atoms with Crippen LogP contribution in [0.1, 0.15) is 71.6 Å². The molecule has 4 aliphatic rings. The molecule has 0 amide bonds. The fourth-order valence-electron chi connectivity index (χ4n) is 7.60. The minimum absolute atomic E-state index is 0.0303. The van der Waals surface area contributed by atoms with Gasteiger partial charge in [0.1, 0.15) is 5.78 Å². The van der Waals surface area contributed by atoms with Gasteiger partial charge in [-0.25, -0.2) is 0 Å². The normalized spacial score (nSPS) is 50.1. The van der Waals surface area contributed by atoms with Gasteiger partial charge in [0.2, 0.25) is 0 Å². The zero-order valence-corrected chi connectivity index (χ0v) is 18.1. The van der Waals surface area contributed by atoms with Gasteiger partial charge in [0.05, 0.1) is 0 Å². The molecule has 0 aromatic heterocycles. The second kappa shape index (κ2) is 5.92. The van der Waals surface area contributed by atoms with Crippen molar-refractivity contribution in [2.24, 2.45) is 34.5 Å². The van der Waals surface area contributed by atoms with Crippen molar-refractivity contribution in [1.29, 1.82) is 0 Å². The summed E-state index contributed by atoms with van der Waals surface area (Å²) in [5.74, 6) is 3.80. The Kier molecular flexibility index (Phi) is 4.32. The van der Waals surface area contributed by atoms with Crippen LogP contribution in [-0.2, 0) is 9.22 Å². The van der Waals surface area contributed by atoms with Crippen LogP contribution in [0, 0.1) is 34.5 Å². The molecule has 0 aromatic carbocycles. The van der Waals surface area contributed by atoms with Gasteiger partial charge in [-0.15, -0.1) is 0 Å². The summed E-state index contributed by atoms with van der Waals surface area (Å²) in [7, 11) is -1.43. The maximum Gasteiger partial charge on any atom is 0.184 e. The van der Waals surface area contributed by atoms with E-state index in [0.717, 1.165) is 30.6 Å². The minimum Gasteiger partial charge on any atom is -0.415 e. The maximum absolute atomic E-state index is 12.5. The van der Waals surface area contributed by atoms with Crippen LogP contribution in [-0.4, -0.2) is 20.2 Å². The van der Waals surface area contributed by atoms with E-state index in [1.807, 2.05) is 0 Å². The Labute approximate surface area is 155 Å². The predicted octanol–water partition coefficient (Wildman–Crippen LogP) is 5.82. The number of rotatable bonds is 2. The zero-order chi connectivity index (χ0) is 18.0. The quantitative estimate of drug-likeness (QED) is 0.579. The highest BCUT2D eigenvalue weighted by Gasteiger charge is 2.60. The predicted molar refractivity (Wildman–Crippen MR) is 105 cm³/mol. The lowest BCUT2D eigenvalue weighted by Crippen LogP contribution is -2.54. The smallest absolute Gasteiger partial charge is 0.184 e. The molecule has 0 N–H and O–H groups in total. The first kappa shape index (κ1) is 18.2. The highest BCUT2D eigenvalue weighted by atomic mass is 28.4. The second-order valence-electron chi connectivity index (χ2n) is 11.2. The molecule has 0 spiro atoms. The largest absolute Gasteiger partial charge is 0.415 e. The van der Waals surface area contributed by atoms with Crippen molar-refractivity contribution >= 4 is 14.1 Å². The van der Waals surface area contributed by atoms with Crippen molar-refractivity contribution in [3.8, 4) is 0 Å². The van der Waals surface area contributed by atoms with E-state index in [4.69, 9.17) is 4.43 Å². The highest BCUT2D eigenvalue weighted by molar-refractivity contribution is 6.69. The molecule has 25 heavy (non-hydrogen) atoms. The van der Waals surface area contributed by atoms with Gasteiger partial charge in [-0.05, 0) is 100 Å². The summed E-state index contributed by atoms with van der Waals surface area (Å²) >= 11 is 0. The van der Waals surface area contributed by atoms with Crippen LogP contribution in [0.2, 0.25) is 19.6 Å². The Hall–Kier alpha value is -0.153. The fraction of sp³-hybridized carbons (Fsp3) is 0.955. The van der Waals surface area contributed by atoms with Crippen molar-refractivity contribution in [2.45, 2.75) is 97.4 Å². The van der Waals surface area contributed by atoms with Gasteiger partial charge in [-0.2, -0.15) is 0 Å². The monoisotopic (exact) mass is 362 g/mol. The van der Waals surface area contributed by atoms with Crippen LogP contribution in [0.15, 0.2) is 0 Å². The van der Waals surface area contributed by atoms with Crippen LogP contribution in [0.25, 0.3) is 0 Å². The minimum atomic E-state index is -1.43. The first-order valence-corrected chi connectivity index (χ1v) is 14.3. The summed E-state index contributed by atoms with van der Waals surface area (Å²) in [5, 5.41) is 0. The number of carbonyl (C=O) groups excluding carboxylic acids is 1. The summed E-state index contributed by atoms with van der Waals surface area (Å²) in [4.78, 5) is 12.5. The number of Topliss-reactive ketones (excluding diaryl/α,β-unsaturated/α-hetero) is 1. The lowest BCUT2D eigenvalue weighted by atomic mass is 9.45. The standard InChI is InChI=1S/C22H38O2Si/c1-21-12-10-16(24-25(3,4)5)14-15(21)6-7-17-18-8-9-20(23)22(18,2)13-11-19(17)21/h15-19H,6-14H2,1-5H3/t15-,16-,17?,18?,19?,21-,22-/m0/s1. The zero-order valence-electron chi connectivity index (χ0n) is 17.1. The van der Waals surface area contributed by atoms with E-state index < -0.39 is 8.32 Å². The van der Waals surface area contributed by atoms with Gasteiger partial charge in [0.25, 0.3) is 0 Å². The summed E-state index contributed by atoms with van der Waals surface area (Å²) in [6.07, 6.45) is 11.7.